The summed E-state index contributed by atoms with van der Waals surface area (Å²) >= 11 is 0. The fourth-order valence-electron chi connectivity index (χ4n) is 3.07. The number of carbonyl (C=O) groups excluding carboxylic acids is 1. The second kappa shape index (κ2) is 25.9. The Morgan fingerprint density at radius 1 is 0.440 bits per heavy atom. The van der Waals surface area contributed by atoms with Gasteiger partial charge in [-0.25, -0.2) is 0 Å². The van der Waals surface area contributed by atoms with Gasteiger partial charge in [0, 0.05) is 6.42 Å². The van der Waals surface area contributed by atoms with E-state index in [1.165, 1.54) is 109 Å². The summed E-state index contributed by atoms with van der Waals surface area (Å²) < 4.78 is 0. The molecule has 0 aromatic carbocycles. The van der Waals surface area contributed by atoms with E-state index in [-0.39, 0.29) is 0 Å². The van der Waals surface area contributed by atoms with Crippen LogP contribution in [0.4, 0.5) is 0 Å². The molecule has 0 spiro atoms. The molecule has 0 aromatic rings. The van der Waals surface area contributed by atoms with Crippen molar-refractivity contribution in [1.29, 1.82) is 0 Å². The van der Waals surface area contributed by atoms with Crippen LogP contribution in [0.2, 0.25) is 0 Å². The van der Waals surface area contributed by atoms with E-state index in [9.17, 15) is 4.79 Å². The summed E-state index contributed by atoms with van der Waals surface area (Å²) in [5, 5.41) is 0. The maximum atomic E-state index is 10.5. The summed E-state index contributed by atoms with van der Waals surface area (Å²) in [5.41, 5.74) is 0. The van der Waals surface area contributed by atoms with E-state index >= 15 is 0 Å². The lowest BCUT2D eigenvalue weighted by Crippen LogP contribution is -1.88. The van der Waals surface area contributed by atoms with E-state index in [1.807, 2.05) is 0 Å². The van der Waals surface area contributed by atoms with Crippen LogP contribution in [0.15, 0.2) is 0 Å². The molecule has 0 saturated carbocycles. The van der Waals surface area contributed by atoms with Gasteiger partial charge in [-0.2, -0.15) is 0 Å². The highest BCUT2D eigenvalue weighted by Crippen LogP contribution is 2.11. The molecule has 0 amide bonds. The van der Waals surface area contributed by atoms with E-state index < -0.39 is 0 Å². The molecule has 0 rings (SSSR count). The number of rotatable bonds is 18. The SMILES string of the molecule is CCCCCCCCC(C)=O.CCCCCCCCCCCCCC. The number of carbonyl (C=O) groups is 1. The van der Waals surface area contributed by atoms with Crippen molar-refractivity contribution >= 4 is 5.78 Å². The first-order valence-corrected chi connectivity index (χ1v) is 11.7. The average Bonchev–Trinajstić information content (AvgIpc) is 2.60. The van der Waals surface area contributed by atoms with Gasteiger partial charge in [-0.1, -0.05) is 130 Å². The number of hydrogen-bond donors (Lipinski definition) is 0. The zero-order chi connectivity index (χ0) is 19.0. The summed E-state index contributed by atoms with van der Waals surface area (Å²) in [4.78, 5) is 10.5. The minimum Gasteiger partial charge on any atom is -0.300 e. The van der Waals surface area contributed by atoms with Crippen LogP contribution in [0.5, 0.6) is 0 Å². The Morgan fingerprint density at radius 2 is 0.680 bits per heavy atom. The van der Waals surface area contributed by atoms with Gasteiger partial charge in [-0.3, -0.25) is 0 Å². The molecule has 0 unspecified atom stereocenters. The minimum atomic E-state index is 0.334. The molecule has 0 aliphatic rings. The molecule has 1 nitrogen and oxygen atoms in total. The van der Waals surface area contributed by atoms with Crippen LogP contribution in [0.3, 0.4) is 0 Å². The molecule has 0 fully saturated rings. The topological polar surface area (TPSA) is 17.1 Å². The van der Waals surface area contributed by atoms with Crippen molar-refractivity contribution in [2.45, 2.75) is 150 Å². The van der Waals surface area contributed by atoms with Crippen LogP contribution in [0, 0.1) is 0 Å². The summed E-state index contributed by atoms with van der Waals surface area (Å²) in [6.07, 6.45) is 25.8. The van der Waals surface area contributed by atoms with Gasteiger partial charge in [0.1, 0.15) is 5.78 Å². The predicted molar refractivity (Wildman–Crippen MR) is 115 cm³/mol. The van der Waals surface area contributed by atoms with Gasteiger partial charge in [0.2, 0.25) is 0 Å². The second-order valence-electron chi connectivity index (χ2n) is 7.76. The first-order valence-electron chi connectivity index (χ1n) is 11.7. The van der Waals surface area contributed by atoms with Crippen molar-refractivity contribution in [3.63, 3.8) is 0 Å². The molecular formula is C24H50O. The fourth-order valence-corrected chi connectivity index (χ4v) is 3.07. The normalized spacial score (nSPS) is 10.4. The van der Waals surface area contributed by atoms with Crippen molar-refractivity contribution in [3.05, 3.63) is 0 Å². The first kappa shape index (κ1) is 26.9. The average molecular weight is 355 g/mol. The first-order chi connectivity index (χ1) is 12.2. The quantitative estimate of drug-likeness (QED) is 0.224. The molecule has 0 atom stereocenters. The number of ketones is 1. The Morgan fingerprint density at radius 3 is 0.920 bits per heavy atom. The van der Waals surface area contributed by atoms with Gasteiger partial charge in [0.25, 0.3) is 0 Å². The third-order valence-electron chi connectivity index (χ3n) is 4.84. The zero-order valence-electron chi connectivity index (χ0n) is 18.3. The lowest BCUT2D eigenvalue weighted by molar-refractivity contribution is -0.117. The lowest BCUT2D eigenvalue weighted by atomic mass is 10.1. The van der Waals surface area contributed by atoms with Crippen molar-refractivity contribution in [2.24, 2.45) is 0 Å². The number of Topliss-reactive ketones (excluding diaryl/α,β-unsaturated/α-hetero) is 1. The van der Waals surface area contributed by atoms with E-state index in [0.717, 1.165) is 12.8 Å². The molecule has 0 aliphatic heterocycles. The Balaban J connectivity index is 0. The molecule has 1 heteroatoms. The maximum absolute atomic E-state index is 10.5. The molecule has 0 N–H and O–H groups in total. The van der Waals surface area contributed by atoms with E-state index in [2.05, 4.69) is 20.8 Å². The van der Waals surface area contributed by atoms with Gasteiger partial charge in [0.15, 0.2) is 0 Å². The molecule has 0 aromatic heterocycles. The standard InChI is InChI=1S/C14H30.C10H20O/c1-3-5-7-9-11-13-14-12-10-8-6-4-2;1-3-4-5-6-7-8-9-10(2)11/h3-14H2,1-2H3;3-9H2,1-2H3. The van der Waals surface area contributed by atoms with E-state index in [1.54, 1.807) is 6.92 Å². The highest BCUT2D eigenvalue weighted by atomic mass is 16.1. The van der Waals surface area contributed by atoms with Crippen molar-refractivity contribution in [2.75, 3.05) is 0 Å². The molecule has 0 bridgehead atoms. The number of hydrogen-bond acceptors (Lipinski definition) is 1. The molecule has 0 radical (unpaired) electrons. The molecule has 0 heterocycles. The van der Waals surface area contributed by atoms with Crippen molar-refractivity contribution in [3.8, 4) is 0 Å². The van der Waals surface area contributed by atoms with Gasteiger partial charge < -0.3 is 4.79 Å². The number of unbranched alkanes of at least 4 members (excludes halogenated alkanes) is 16. The highest BCUT2D eigenvalue weighted by Gasteiger charge is 1.93. The third kappa shape index (κ3) is 31.9. The van der Waals surface area contributed by atoms with Gasteiger partial charge in [-0.05, 0) is 13.3 Å². The Labute approximate surface area is 160 Å². The summed E-state index contributed by atoms with van der Waals surface area (Å²) in [7, 11) is 0. The molecule has 152 valence electrons. The van der Waals surface area contributed by atoms with Crippen LogP contribution in [0.1, 0.15) is 150 Å². The summed E-state index contributed by atoms with van der Waals surface area (Å²) in [6, 6.07) is 0. The summed E-state index contributed by atoms with van der Waals surface area (Å²) in [5.74, 6) is 0.334. The van der Waals surface area contributed by atoms with Crippen LogP contribution < -0.4 is 0 Å². The minimum absolute atomic E-state index is 0.334. The van der Waals surface area contributed by atoms with Crippen LogP contribution in [-0.2, 0) is 4.79 Å². The largest absolute Gasteiger partial charge is 0.300 e. The molecular weight excluding hydrogens is 304 g/mol. The van der Waals surface area contributed by atoms with Crippen LogP contribution >= 0.6 is 0 Å². The second-order valence-corrected chi connectivity index (χ2v) is 7.76. The van der Waals surface area contributed by atoms with Crippen LogP contribution in [-0.4, -0.2) is 5.78 Å². The Kier molecular flexibility index (Phi) is 27.9. The van der Waals surface area contributed by atoms with Gasteiger partial charge in [-0.15, -0.1) is 0 Å². The van der Waals surface area contributed by atoms with Crippen molar-refractivity contribution < 1.29 is 4.79 Å². The summed E-state index contributed by atoms with van der Waals surface area (Å²) in [6.45, 7) is 8.46. The Bertz CT molecular complexity index is 222. The maximum Gasteiger partial charge on any atom is 0.129 e. The van der Waals surface area contributed by atoms with Crippen LogP contribution in [0.25, 0.3) is 0 Å². The smallest absolute Gasteiger partial charge is 0.129 e. The third-order valence-corrected chi connectivity index (χ3v) is 4.84. The van der Waals surface area contributed by atoms with Gasteiger partial charge in [0.05, 0.1) is 0 Å². The molecule has 0 saturated heterocycles. The highest BCUT2D eigenvalue weighted by molar-refractivity contribution is 5.75. The molecule has 0 aliphatic carbocycles. The monoisotopic (exact) mass is 354 g/mol. The molecule has 25 heavy (non-hydrogen) atoms. The zero-order valence-corrected chi connectivity index (χ0v) is 18.3. The van der Waals surface area contributed by atoms with E-state index in [0.29, 0.717) is 5.78 Å². The fraction of sp³-hybridized carbons (Fsp3) is 0.958. The van der Waals surface area contributed by atoms with Gasteiger partial charge >= 0.3 is 0 Å². The Hall–Kier alpha value is -0.330. The van der Waals surface area contributed by atoms with E-state index in [4.69, 9.17) is 0 Å². The lowest BCUT2D eigenvalue weighted by Gasteiger charge is -2.01. The van der Waals surface area contributed by atoms with Crippen molar-refractivity contribution in [1.82, 2.24) is 0 Å². The predicted octanol–water partition coefficient (Wildman–Crippen LogP) is 9.03.